The molecule has 0 saturated heterocycles. The van der Waals surface area contributed by atoms with Crippen molar-refractivity contribution in [2.75, 3.05) is 10.6 Å². The van der Waals surface area contributed by atoms with Crippen LogP contribution >= 0.6 is 11.6 Å². The van der Waals surface area contributed by atoms with Gasteiger partial charge in [-0.1, -0.05) is 49.1 Å². The molecule has 0 radical (unpaired) electrons. The molecule has 1 aliphatic rings. The van der Waals surface area contributed by atoms with Crippen LogP contribution in [0.3, 0.4) is 0 Å². The molecule has 6 heteroatoms. The quantitative estimate of drug-likeness (QED) is 0.522. The average molecular weight is 411 g/mol. The molecule has 2 amide bonds. The first-order valence-electron chi connectivity index (χ1n) is 9.98. The molecule has 29 heavy (non-hydrogen) atoms. The SMILES string of the molecule is O=C(CC1CCCCC1)Nc1c(C(=O)Nc2cccc(Cl)c2)oc2ccccc12. The molecular weight excluding hydrogens is 388 g/mol. The number of rotatable bonds is 5. The maximum absolute atomic E-state index is 12.9. The zero-order chi connectivity index (χ0) is 20.2. The van der Waals surface area contributed by atoms with Gasteiger partial charge in [-0.2, -0.15) is 0 Å². The highest BCUT2D eigenvalue weighted by Crippen LogP contribution is 2.33. The van der Waals surface area contributed by atoms with E-state index in [2.05, 4.69) is 10.6 Å². The molecule has 3 aromatic rings. The van der Waals surface area contributed by atoms with Gasteiger partial charge in [-0.25, -0.2) is 0 Å². The van der Waals surface area contributed by atoms with Gasteiger partial charge >= 0.3 is 0 Å². The number of anilines is 2. The number of furan rings is 1. The molecule has 2 N–H and O–H groups in total. The summed E-state index contributed by atoms with van der Waals surface area (Å²) < 4.78 is 5.79. The van der Waals surface area contributed by atoms with E-state index < -0.39 is 5.91 Å². The van der Waals surface area contributed by atoms with Crippen molar-refractivity contribution >= 4 is 45.8 Å². The van der Waals surface area contributed by atoms with Crippen molar-refractivity contribution in [3.8, 4) is 0 Å². The van der Waals surface area contributed by atoms with Crippen LogP contribution in [0.15, 0.2) is 52.9 Å². The first-order valence-corrected chi connectivity index (χ1v) is 10.4. The molecule has 1 heterocycles. The monoisotopic (exact) mass is 410 g/mol. The molecule has 2 aromatic carbocycles. The Bertz CT molecular complexity index is 1040. The van der Waals surface area contributed by atoms with Crippen molar-refractivity contribution in [1.29, 1.82) is 0 Å². The predicted molar refractivity (Wildman–Crippen MR) is 115 cm³/mol. The Hall–Kier alpha value is -2.79. The van der Waals surface area contributed by atoms with E-state index in [0.717, 1.165) is 12.8 Å². The molecule has 1 fully saturated rings. The van der Waals surface area contributed by atoms with Crippen LogP contribution in [-0.2, 0) is 4.79 Å². The number of hydrogen-bond donors (Lipinski definition) is 2. The maximum atomic E-state index is 12.9. The Morgan fingerprint density at radius 3 is 2.59 bits per heavy atom. The van der Waals surface area contributed by atoms with E-state index in [9.17, 15) is 9.59 Å². The number of para-hydroxylation sites is 1. The fourth-order valence-corrected chi connectivity index (χ4v) is 4.12. The van der Waals surface area contributed by atoms with E-state index >= 15 is 0 Å². The van der Waals surface area contributed by atoms with Crippen molar-refractivity contribution in [1.82, 2.24) is 0 Å². The fraction of sp³-hybridized carbons (Fsp3) is 0.304. The van der Waals surface area contributed by atoms with Crippen molar-refractivity contribution in [2.24, 2.45) is 5.92 Å². The van der Waals surface area contributed by atoms with Crippen LogP contribution in [-0.4, -0.2) is 11.8 Å². The molecule has 5 nitrogen and oxygen atoms in total. The lowest BCUT2D eigenvalue weighted by Gasteiger charge is -2.20. The zero-order valence-electron chi connectivity index (χ0n) is 16.0. The number of carbonyl (C=O) groups is 2. The number of carbonyl (C=O) groups excluding carboxylic acids is 2. The van der Waals surface area contributed by atoms with E-state index in [1.807, 2.05) is 18.2 Å². The fourth-order valence-electron chi connectivity index (χ4n) is 3.93. The Morgan fingerprint density at radius 2 is 1.79 bits per heavy atom. The number of halogens is 1. The minimum Gasteiger partial charge on any atom is -0.449 e. The molecule has 0 atom stereocenters. The van der Waals surface area contributed by atoms with E-state index in [1.165, 1.54) is 19.3 Å². The summed E-state index contributed by atoms with van der Waals surface area (Å²) >= 11 is 6.00. The van der Waals surface area contributed by atoms with Crippen molar-refractivity contribution in [3.05, 3.63) is 59.3 Å². The summed E-state index contributed by atoms with van der Waals surface area (Å²) in [7, 11) is 0. The molecule has 150 valence electrons. The van der Waals surface area contributed by atoms with Gasteiger partial charge in [-0.05, 0) is 49.1 Å². The summed E-state index contributed by atoms with van der Waals surface area (Å²) in [6.07, 6.45) is 6.25. The number of fused-ring (bicyclic) bond motifs is 1. The van der Waals surface area contributed by atoms with Crippen molar-refractivity contribution in [2.45, 2.75) is 38.5 Å². The van der Waals surface area contributed by atoms with Gasteiger partial charge in [-0.15, -0.1) is 0 Å². The van der Waals surface area contributed by atoms with Crippen LogP contribution in [0.5, 0.6) is 0 Å². The second kappa shape index (κ2) is 8.70. The second-order valence-electron chi connectivity index (χ2n) is 7.52. The van der Waals surface area contributed by atoms with Gasteiger partial charge in [0.1, 0.15) is 11.3 Å². The highest BCUT2D eigenvalue weighted by atomic mass is 35.5. The summed E-state index contributed by atoms with van der Waals surface area (Å²) in [5.74, 6) is -0.0227. The van der Waals surface area contributed by atoms with Crippen molar-refractivity contribution < 1.29 is 14.0 Å². The molecule has 0 bridgehead atoms. The van der Waals surface area contributed by atoms with Gasteiger partial charge in [0.25, 0.3) is 5.91 Å². The minimum atomic E-state index is -0.434. The van der Waals surface area contributed by atoms with Gasteiger partial charge in [0.05, 0.1) is 0 Å². The highest BCUT2D eigenvalue weighted by Gasteiger charge is 2.24. The molecule has 0 spiro atoms. The molecule has 1 aliphatic carbocycles. The minimum absolute atomic E-state index is 0.0831. The number of amides is 2. The molecule has 0 unspecified atom stereocenters. The standard InChI is InChI=1S/C23H23ClN2O3/c24-16-9-6-10-17(14-16)25-23(28)22-21(18-11-4-5-12-19(18)29-22)26-20(27)13-15-7-2-1-3-8-15/h4-6,9-12,14-15H,1-3,7-8,13H2,(H,25,28)(H,26,27). The summed E-state index contributed by atoms with van der Waals surface area (Å²) in [5, 5.41) is 6.96. The molecule has 4 rings (SSSR count). The first kappa shape index (κ1) is 19.5. The van der Waals surface area contributed by atoms with E-state index in [0.29, 0.717) is 39.7 Å². The molecular formula is C23H23ClN2O3. The summed E-state index contributed by atoms with van der Waals surface area (Å²) in [5.41, 5.74) is 1.53. The number of benzene rings is 2. The Kier molecular flexibility index (Phi) is 5.86. The van der Waals surface area contributed by atoms with Crippen LogP contribution < -0.4 is 10.6 Å². The second-order valence-corrected chi connectivity index (χ2v) is 7.96. The van der Waals surface area contributed by atoms with Gasteiger partial charge in [0, 0.05) is 22.5 Å². The summed E-state index contributed by atoms with van der Waals surface area (Å²) in [6, 6.07) is 14.2. The van der Waals surface area contributed by atoms with Crippen molar-refractivity contribution in [3.63, 3.8) is 0 Å². The zero-order valence-corrected chi connectivity index (χ0v) is 16.8. The van der Waals surface area contributed by atoms with Gasteiger partial charge < -0.3 is 15.1 Å². The van der Waals surface area contributed by atoms with Crippen LogP contribution in [0.4, 0.5) is 11.4 Å². The molecule has 1 saturated carbocycles. The smallest absolute Gasteiger partial charge is 0.293 e. The van der Waals surface area contributed by atoms with Crippen LogP contribution in [0.1, 0.15) is 49.1 Å². The lowest BCUT2D eigenvalue weighted by Crippen LogP contribution is -2.20. The third kappa shape index (κ3) is 4.62. The van der Waals surface area contributed by atoms with Crippen LogP contribution in [0.25, 0.3) is 11.0 Å². The lowest BCUT2D eigenvalue weighted by atomic mass is 9.87. The van der Waals surface area contributed by atoms with Crippen LogP contribution in [0, 0.1) is 5.92 Å². The van der Waals surface area contributed by atoms with E-state index in [4.69, 9.17) is 16.0 Å². The highest BCUT2D eigenvalue weighted by molar-refractivity contribution is 6.31. The largest absolute Gasteiger partial charge is 0.449 e. The maximum Gasteiger partial charge on any atom is 0.293 e. The predicted octanol–water partition coefficient (Wildman–Crippen LogP) is 6.25. The van der Waals surface area contributed by atoms with Gasteiger partial charge in [0.2, 0.25) is 11.7 Å². The Morgan fingerprint density at radius 1 is 1.00 bits per heavy atom. The Labute approximate surface area is 174 Å². The van der Waals surface area contributed by atoms with Gasteiger partial charge in [0.15, 0.2) is 0 Å². The average Bonchev–Trinajstić information content (AvgIpc) is 3.07. The molecule has 0 aliphatic heterocycles. The topological polar surface area (TPSA) is 71.3 Å². The third-order valence-electron chi connectivity index (χ3n) is 5.35. The van der Waals surface area contributed by atoms with E-state index in [1.54, 1.807) is 30.3 Å². The summed E-state index contributed by atoms with van der Waals surface area (Å²) in [4.78, 5) is 25.6. The lowest BCUT2D eigenvalue weighted by molar-refractivity contribution is -0.117. The number of hydrogen-bond acceptors (Lipinski definition) is 3. The first-order chi connectivity index (χ1) is 14.1. The molecule has 1 aromatic heterocycles. The Balaban J connectivity index is 1.58. The summed E-state index contributed by atoms with van der Waals surface area (Å²) in [6.45, 7) is 0. The number of nitrogens with one attached hydrogen (secondary N) is 2. The third-order valence-corrected chi connectivity index (χ3v) is 5.58. The van der Waals surface area contributed by atoms with Gasteiger partial charge in [-0.3, -0.25) is 9.59 Å². The van der Waals surface area contributed by atoms with E-state index in [-0.39, 0.29) is 11.7 Å². The van der Waals surface area contributed by atoms with Crippen LogP contribution in [0.2, 0.25) is 5.02 Å². The normalized spacial score (nSPS) is 14.7.